The highest BCUT2D eigenvalue weighted by Gasteiger charge is 2.15. The molecule has 4 aromatic rings. The third-order valence-corrected chi connectivity index (χ3v) is 5.73. The van der Waals surface area contributed by atoms with E-state index >= 15 is 0 Å². The molecule has 6 heteroatoms. The van der Waals surface area contributed by atoms with Gasteiger partial charge in [-0.05, 0) is 18.6 Å². The Hall–Kier alpha value is -2.47. The van der Waals surface area contributed by atoms with Crippen molar-refractivity contribution in [3.05, 3.63) is 86.7 Å². The van der Waals surface area contributed by atoms with Gasteiger partial charge in [-0.1, -0.05) is 60.1 Å². The number of aromatic amines is 1. The zero-order valence-electron chi connectivity index (χ0n) is 14.7. The summed E-state index contributed by atoms with van der Waals surface area (Å²) in [6.45, 7) is 2.58. The van der Waals surface area contributed by atoms with Gasteiger partial charge >= 0.3 is 0 Å². The van der Waals surface area contributed by atoms with Gasteiger partial charge in [-0.2, -0.15) is 0 Å². The zero-order valence-corrected chi connectivity index (χ0v) is 16.3. The fourth-order valence-electron chi connectivity index (χ4n) is 3.06. The van der Waals surface area contributed by atoms with Gasteiger partial charge in [-0.25, -0.2) is 4.98 Å². The lowest BCUT2D eigenvalue weighted by atomic mass is 10.1. The number of rotatable bonds is 5. The number of thiophene rings is 1. The summed E-state index contributed by atoms with van der Waals surface area (Å²) in [5.74, 6) is 0.628. The number of nitrogens with zero attached hydrogens (tertiary/aromatic N) is 1. The molecule has 0 saturated carbocycles. The minimum atomic E-state index is -0.139. The second kappa shape index (κ2) is 7.64. The van der Waals surface area contributed by atoms with Crippen LogP contribution in [-0.4, -0.2) is 9.97 Å². The topological polar surface area (TPSA) is 57.8 Å². The van der Waals surface area contributed by atoms with Crippen molar-refractivity contribution in [2.75, 3.05) is 0 Å². The van der Waals surface area contributed by atoms with Crippen LogP contribution in [-0.2, 0) is 6.54 Å². The third-order valence-electron chi connectivity index (χ3n) is 4.53. The SMILES string of the molecule is C[C@H](NCc1nc2scc(-c3ccccc3Cl)c2c(=O)[nH]1)c1ccccc1. The summed E-state index contributed by atoms with van der Waals surface area (Å²) in [7, 11) is 0. The molecule has 136 valence electrons. The fourth-order valence-corrected chi connectivity index (χ4v) is 4.26. The van der Waals surface area contributed by atoms with Crippen molar-refractivity contribution in [2.45, 2.75) is 19.5 Å². The molecular formula is C21H18ClN3OS. The molecule has 1 atom stereocenters. The average Bonchev–Trinajstić information content (AvgIpc) is 3.11. The van der Waals surface area contributed by atoms with E-state index in [-0.39, 0.29) is 11.6 Å². The minimum Gasteiger partial charge on any atom is -0.309 e. The van der Waals surface area contributed by atoms with Crippen LogP contribution in [0.3, 0.4) is 0 Å². The molecule has 2 aromatic heterocycles. The van der Waals surface area contributed by atoms with E-state index in [1.807, 2.05) is 47.8 Å². The van der Waals surface area contributed by atoms with Gasteiger partial charge in [0, 0.05) is 27.6 Å². The van der Waals surface area contributed by atoms with E-state index in [2.05, 4.69) is 34.3 Å². The van der Waals surface area contributed by atoms with Gasteiger partial charge in [-0.3, -0.25) is 4.79 Å². The Kier molecular flexibility index (Phi) is 5.07. The molecule has 27 heavy (non-hydrogen) atoms. The molecule has 0 saturated heterocycles. The molecule has 0 aliphatic rings. The number of aromatic nitrogens is 2. The molecule has 2 N–H and O–H groups in total. The van der Waals surface area contributed by atoms with Gasteiger partial charge in [0.2, 0.25) is 0 Å². The summed E-state index contributed by atoms with van der Waals surface area (Å²) in [4.78, 5) is 21.0. The summed E-state index contributed by atoms with van der Waals surface area (Å²) < 4.78 is 0. The van der Waals surface area contributed by atoms with E-state index < -0.39 is 0 Å². The first-order valence-corrected chi connectivity index (χ1v) is 9.93. The van der Waals surface area contributed by atoms with E-state index in [1.165, 1.54) is 16.9 Å². The summed E-state index contributed by atoms with van der Waals surface area (Å²) in [5, 5.41) is 6.56. The molecule has 2 heterocycles. The molecule has 0 fully saturated rings. The van der Waals surface area contributed by atoms with Gasteiger partial charge < -0.3 is 10.3 Å². The number of benzene rings is 2. The number of hydrogen-bond acceptors (Lipinski definition) is 4. The van der Waals surface area contributed by atoms with Crippen LogP contribution in [0, 0.1) is 0 Å². The lowest BCUT2D eigenvalue weighted by molar-refractivity contribution is 0.559. The Bertz CT molecular complexity index is 1140. The van der Waals surface area contributed by atoms with Gasteiger partial charge in [-0.15, -0.1) is 11.3 Å². The second-order valence-electron chi connectivity index (χ2n) is 6.34. The maximum absolute atomic E-state index is 12.7. The van der Waals surface area contributed by atoms with Crippen LogP contribution < -0.4 is 10.9 Å². The number of halogens is 1. The van der Waals surface area contributed by atoms with E-state index in [0.29, 0.717) is 22.8 Å². The summed E-state index contributed by atoms with van der Waals surface area (Å²) in [6, 6.07) is 17.9. The third kappa shape index (κ3) is 3.67. The standard InChI is InChI=1S/C21H18ClN3OS/c1-13(14-7-3-2-4-8-14)23-11-18-24-20(26)19-16(12-27-21(19)25-18)15-9-5-6-10-17(15)22/h2-10,12-13,23H,11H2,1H3,(H,24,25,26)/t13-/m0/s1. The highest BCUT2D eigenvalue weighted by atomic mass is 35.5. The number of hydrogen-bond donors (Lipinski definition) is 2. The smallest absolute Gasteiger partial charge is 0.260 e. The summed E-state index contributed by atoms with van der Waals surface area (Å²) >= 11 is 7.76. The molecule has 0 amide bonds. The summed E-state index contributed by atoms with van der Waals surface area (Å²) in [6.07, 6.45) is 0. The van der Waals surface area contributed by atoms with Crippen molar-refractivity contribution in [3.63, 3.8) is 0 Å². The van der Waals surface area contributed by atoms with Crippen LogP contribution in [0.15, 0.2) is 64.8 Å². The largest absolute Gasteiger partial charge is 0.309 e. The molecule has 4 nitrogen and oxygen atoms in total. The predicted molar refractivity (Wildman–Crippen MR) is 112 cm³/mol. The van der Waals surface area contributed by atoms with Crippen LogP contribution in [0.4, 0.5) is 0 Å². The highest BCUT2D eigenvalue weighted by molar-refractivity contribution is 7.17. The fraction of sp³-hybridized carbons (Fsp3) is 0.143. The average molecular weight is 396 g/mol. The molecule has 0 unspecified atom stereocenters. The molecule has 0 aliphatic heterocycles. The Balaban J connectivity index is 1.62. The molecule has 0 radical (unpaired) electrons. The molecule has 0 bridgehead atoms. The van der Waals surface area contributed by atoms with E-state index in [1.54, 1.807) is 0 Å². The first kappa shape index (κ1) is 17.9. The van der Waals surface area contributed by atoms with E-state index in [4.69, 9.17) is 11.6 Å². The first-order chi connectivity index (χ1) is 13.1. The van der Waals surface area contributed by atoms with Crippen molar-refractivity contribution in [2.24, 2.45) is 0 Å². The van der Waals surface area contributed by atoms with Crippen molar-refractivity contribution >= 4 is 33.2 Å². The van der Waals surface area contributed by atoms with Crippen molar-refractivity contribution in [1.29, 1.82) is 0 Å². The Morgan fingerprint density at radius 2 is 1.85 bits per heavy atom. The second-order valence-corrected chi connectivity index (χ2v) is 7.60. The maximum Gasteiger partial charge on any atom is 0.260 e. The van der Waals surface area contributed by atoms with Crippen LogP contribution in [0.5, 0.6) is 0 Å². The quantitative estimate of drug-likeness (QED) is 0.491. The Labute approximate surface area is 165 Å². The van der Waals surface area contributed by atoms with Crippen LogP contribution in [0.2, 0.25) is 5.02 Å². The van der Waals surface area contributed by atoms with Gasteiger partial charge in [0.15, 0.2) is 0 Å². The van der Waals surface area contributed by atoms with E-state index in [0.717, 1.165) is 16.0 Å². The zero-order chi connectivity index (χ0) is 18.8. The maximum atomic E-state index is 12.7. The Morgan fingerprint density at radius 3 is 2.63 bits per heavy atom. The Morgan fingerprint density at radius 1 is 1.11 bits per heavy atom. The van der Waals surface area contributed by atoms with Crippen LogP contribution in [0.25, 0.3) is 21.3 Å². The lowest BCUT2D eigenvalue weighted by Gasteiger charge is -2.13. The molecule has 0 spiro atoms. The van der Waals surface area contributed by atoms with Crippen LogP contribution >= 0.6 is 22.9 Å². The number of nitrogens with one attached hydrogen (secondary N) is 2. The normalized spacial score (nSPS) is 12.4. The van der Waals surface area contributed by atoms with Crippen molar-refractivity contribution in [3.8, 4) is 11.1 Å². The molecule has 0 aliphatic carbocycles. The van der Waals surface area contributed by atoms with Gasteiger partial charge in [0.25, 0.3) is 5.56 Å². The first-order valence-electron chi connectivity index (χ1n) is 8.67. The lowest BCUT2D eigenvalue weighted by Crippen LogP contribution is -2.22. The highest BCUT2D eigenvalue weighted by Crippen LogP contribution is 2.34. The van der Waals surface area contributed by atoms with Crippen molar-refractivity contribution < 1.29 is 0 Å². The molecule has 2 aromatic carbocycles. The van der Waals surface area contributed by atoms with Gasteiger partial charge in [0.1, 0.15) is 10.7 Å². The monoisotopic (exact) mass is 395 g/mol. The number of H-pyrrole nitrogens is 1. The molecular weight excluding hydrogens is 378 g/mol. The predicted octanol–water partition coefficient (Wildman–Crippen LogP) is 5.16. The minimum absolute atomic E-state index is 0.139. The number of fused-ring (bicyclic) bond motifs is 1. The van der Waals surface area contributed by atoms with E-state index in [9.17, 15) is 4.79 Å². The van der Waals surface area contributed by atoms with Crippen molar-refractivity contribution in [1.82, 2.24) is 15.3 Å². The molecule has 4 rings (SSSR count). The summed E-state index contributed by atoms with van der Waals surface area (Å²) in [5.41, 5.74) is 2.73. The van der Waals surface area contributed by atoms with Gasteiger partial charge in [0.05, 0.1) is 11.9 Å². The van der Waals surface area contributed by atoms with Crippen LogP contribution in [0.1, 0.15) is 24.4 Å².